The topological polar surface area (TPSA) is 66.5 Å². The lowest BCUT2D eigenvalue weighted by Gasteiger charge is -2.34. The number of fused-ring (bicyclic) bond motifs is 2. The van der Waals surface area contributed by atoms with E-state index in [0.29, 0.717) is 44.8 Å². The van der Waals surface area contributed by atoms with Gasteiger partial charge in [0, 0.05) is 36.2 Å². The molecule has 3 heterocycles. The molecular formula is C27H33F3N4O2. The number of halogens is 3. The fourth-order valence-electron chi connectivity index (χ4n) is 5.57. The maximum absolute atomic E-state index is 13.9. The maximum Gasteiger partial charge on any atom is 0.403 e. The van der Waals surface area contributed by atoms with Crippen LogP contribution in [0.25, 0.3) is 0 Å². The van der Waals surface area contributed by atoms with Gasteiger partial charge in [-0.2, -0.15) is 13.2 Å². The van der Waals surface area contributed by atoms with E-state index in [1.54, 1.807) is 6.20 Å². The first-order valence-corrected chi connectivity index (χ1v) is 12.9. The number of amides is 1. The van der Waals surface area contributed by atoms with Gasteiger partial charge in [-0.3, -0.25) is 4.79 Å². The zero-order valence-corrected chi connectivity index (χ0v) is 20.5. The first-order valence-electron chi connectivity index (χ1n) is 12.9. The van der Waals surface area contributed by atoms with Crippen LogP contribution < -0.4 is 15.5 Å². The van der Waals surface area contributed by atoms with Crippen molar-refractivity contribution in [3.63, 3.8) is 0 Å². The monoisotopic (exact) mass is 502 g/mol. The zero-order valence-electron chi connectivity index (χ0n) is 20.5. The Morgan fingerprint density at radius 3 is 2.72 bits per heavy atom. The molecule has 1 saturated carbocycles. The molecule has 1 aromatic carbocycles. The fraction of sp³-hybridized carbons (Fsp3) is 0.556. The van der Waals surface area contributed by atoms with Crippen molar-refractivity contribution in [3.8, 4) is 0 Å². The van der Waals surface area contributed by atoms with Crippen molar-refractivity contribution < 1.29 is 22.7 Å². The van der Waals surface area contributed by atoms with E-state index in [2.05, 4.69) is 27.8 Å². The Morgan fingerprint density at radius 1 is 1.19 bits per heavy atom. The van der Waals surface area contributed by atoms with Crippen molar-refractivity contribution in [1.82, 2.24) is 10.3 Å². The highest BCUT2D eigenvalue weighted by atomic mass is 19.4. The van der Waals surface area contributed by atoms with E-state index in [-0.39, 0.29) is 17.9 Å². The summed E-state index contributed by atoms with van der Waals surface area (Å²) in [6, 6.07) is 8.27. The zero-order chi connectivity index (χ0) is 25.3. The molecule has 2 N–H and O–H groups in total. The van der Waals surface area contributed by atoms with E-state index in [1.807, 2.05) is 23.1 Å². The van der Waals surface area contributed by atoms with Crippen LogP contribution in [0.1, 0.15) is 62.5 Å². The molecule has 0 bridgehead atoms. The average molecular weight is 503 g/mol. The second kappa shape index (κ2) is 10.4. The lowest BCUT2D eigenvalue weighted by atomic mass is 9.84. The molecule has 36 heavy (non-hydrogen) atoms. The summed E-state index contributed by atoms with van der Waals surface area (Å²) in [5.41, 5.74) is 3.74. The average Bonchev–Trinajstić information content (AvgIpc) is 3.05. The Morgan fingerprint density at radius 2 is 2.00 bits per heavy atom. The quantitative estimate of drug-likeness (QED) is 0.564. The Bertz CT molecular complexity index is 1080. The molecule has 194 valence electrons. The minimum atomic E-state index is -4.27. The normalized spacial score (nSPS) is 25.2. The Kier molecular flexibility index (Phi) is 7.21. The first kappa shape index (κ1) is 25.0. The highest BCUT2D eigenvalue weighted by Crippen LogP contribution is 2.40. The van der Waals surface area contributed by atoms with Crippen LogP contribution in [0.2, 0.25) is 0 Å². The molecule has 5 rings (SSSR count). The molecule has 1 aromatic heterocycles. The number of pyridine rings is 1. The minimum absolute atomic E-state index is 0.0223. The molecule has 2 aromatic rings. The number of nitrogens with one attached hydrogen (secondary N) is 2. The lowest BCUT2D eigenvalue weighted by molar-refractivity contribution is -0.154. The van der Waals surface area contributed by atoms with Crippen LogP contribution in [-0.2, 0) is 16.1 Å². The summed E-state index contributed by atoms with van der Waals surface area (Å²) in [5, 5.41) is 6.11. The molecule has 1 aliphatic carbocycles. The molecule has 1 amide bonds. The van der Waals surface area contributed by atoms with Gasteiger partial charge in [0.15, 0.2) is 0 Å². The molecule has 2 fully saturated rings. The summed E-state index contributed by atoms with van der Waals surface area (Å²) >= 11 is 0. The molecule has 2 atom stereocenters. The van der Waals surface area contributed by atoms with Gasteiger partial charge in [-0.05, 0) is 69.2 Å². The number of anilines is 3. The second-order valence-electron chi connectivity index (χ2n) is 10.2. The second-order valence-corrected chi connectivity index (χ2v) is 10.2. The number of hydrogen-bond donors (Lipinski definition) is 2. The summed E-state index contributed by atoms with van der Waals surface area (Å²) in [5.74, 6) is 0.824. The third-order valence-corrected chi connectivity index (χ3v) is 7.74. The molecule has 0 spiro atoms. The van der Waals surface area contributed by atoms with E-state index < -0.39 is 12.2 Å². The van der Waals surface area contributed by atoms with Crippen LogP contribution in [-0.4, -0.2) is 42.4 Å². The van der Waals surface area contributed by atoms with Crippen molar-refractivity contribution in [2.75, 3.05) is 23.4 Å². The van der Waals surface area contributed by atoms with Gasteiger partial charge in [0.25, 0.3) is 0 Å². The van der Waals surface area contributed by atoms with Crippen molar-refractivity contribution in [3.05, 3.63) is 47.7 Å². The smallest absolute Gasteiger partial charge is 0.381 e. The number of benzene rings is 1. The number of ether oxygens (including phenoxy) is 1. The van der Waals surface area contributed by atoms with Gasteiger partial charge in [-0.25, -0.2) is 4.98 Å². The van der Waals surface area contributed by atoms with Crippen LogP contribution in [0, 0.1) is 5.92 Å². The van der Waals surface area contributed by atoms with Crippen molar-refractivity contribution in [2.24, 2.45) is 5.92 Å². The SMILES string of the molecule is CC(N[C@H]1CC[C@H](C(=O)N2Cc3cccnc3Nc3ccc([C@H]4CCCOC4)cc32)CC1)C(F)(F)F. The van der Waals surface area contributed by atoms with Crippen LogP contribution in [0.5, 0.6) is 0 Å². The van der Waals surface area contributed by atoms with Crippen LogP contribution in [0.3, 0.4) is 0 Å². The van der Waals surface area contributed by atoms with Crippen LogP contribution in [0.4, 0.5) is 30.4 Å². The van der Waals surface area contributed by atoms with E-state index >= 15 is 0 Å². The summed E-state index contributed by atoms with van der Waals surface area (Å²) in [4.78, 5) is 20.2. The van der Waals surface area contributed by atoms with Crippen molar-refractivity contribution in [1.29, 1.82) is 0 Å². The fourth-order valence-corrected chi connectivity index (χ4v) is 5.57. The first-order chi connectivity index (χ1) is 17.3. The largest absolute Gasteiger partial charge is 0.403 e. The number of carbonyl (C=O) groups excluding carboxylic acids is 1. The molecule has 1 unspecified atom stereocenters. The van der Waals surface area contributed by atoms with E-state index in [1.165, 1.54) is 0 Å². The predicted octanol–water partition coefficient (Wildman–Crippen LogP) is 5.67. The maximum atomic E-state index is 13.9. The van der Waals surface area contributed by atoms with Gasteiger partial charge < -0.3 is 20.3 Å². The van der Waals surface area contributed by atoms with Gasteiger partial charge in [0.05, 0.1) is 24.5 Å². The Hall–Kier alpha value is -2.65. The molecular weight excluding hydrogens is 469 g/mol. The molecule has 0 radical (unpaired) electrons. The van der Waals surface area contributed by atoms with Gasteiger partial charge in [0.2, 0.25) is 5.91 Å². The Labute approximate surface area is 209 Å². The minimum Gasteiger partial charge on any atom is -0.381 e. The number of carbonyl (C=O) groups is 1. The number of rotatable bonds is 4. The van der Waals surface area contributed by atoms with Crippen molar-refractivity contribution in [2.45, 2.75) is 76.2 Å². The predicted molar refractivity (Wildman–Crippen MR) is 132 cm³/mol. The van der Waals surface area contributed by atoms with Gasteiger partial charge in [0.1, 0.15) is 11.9 Å². The molecule has 2 aliphatic heterocycles. The lowest BCUT2D eigenvalue weighted by Crippen LogP contribution is -2.47. The molecule has 6 nitrogen and oxygen atoms in total. The third kappa shape index (κ3) is 5.37. The Balaban J connectivity index is 1.37. The highest BCUT2D eigenvalue weighted by molar-refractivity contribution is 5.99. The number of nitrogens with zero attached hydrogens (tertiary/aromatic N) is 2. The summed E-state index contributed by atoms with van der Waals surface area (Å²) in [7, 11) is 0. The van der Waals surface area contributed by atoms with E-state index in [0.717, 1.165) is 54.7 Å². The summed E-state index contributed by atoms with van der Waals surface area (Å²) in [6.45, 7) is 3.01. The van der Waals surface area contributed by atoms with Gasteiger partial charge in [-0.1, -0.05) is 12.1 Å². The van der Waals surface area contributed by atoms with E-state index in [4.69, 9.17) is 4.74 Å². The number of hydrogen-bond acceptors (Lipinski definition) is 5. The molecule has 3 aliphatic rings. The number of aromatic nitrogens is 1. The molecule has 1 saturated heterocycles. The van der Waals surface area contributed by atoms with Gasteiger partial charge in [-0.15, -0.1) is 0 Å². The van der Waals surface area contributed by atoms with Crippen molar-refractivity contribution >= 4 is 23.1 Å². The van der Waals surface area contributed by atoms with Crippen LogP contribution in [0.15, 0.2) is 36.5 Å². The third-order valence-electron chi connectivity index (χ3n) is 7.74. The summed E-state index contributed by atoms with van der Waals surface area (Å²) < 4.78 is 44.6. The van der Waals surface area contributed by atoms with E-state index in [9.17, 15) is 18.0 Å². The standard InChI is InChI=1S/C27H33F3N4O2/c1-17(27(28,29)30)32-22-9-6-18(7-10-22)26(35)34-15-20-4-2-12-31-25(20)33-23-11-8-19(14-24(23)34)21-5-3-13-36-16-21/h2,4,8,11-12,14,17-18,21-22,32H,3,5-7,9-10,13,15-16H2,1H3,(H,31,33)/t17?,18-,21-,22-/m0/s1. The number of alkyl halides is 3. The molecule has 9 heteroatoms. The highest BCUT2D eigenvalue weighted by Gasteiger charge is 2.39. The summed E-state index contributed by atoms with van der Waals surface area (Å²) in [6.07, 6.45) is 1.76. The van der Waals surface area contributed by atoms with Gasteiger partial charge >= 0.3 is 6.18 Å². The van der Waals surface area contributed by atoms with Crippen LogP contribution >= 0.6 is 0 Å².